The zero-order valence-electron chi connectivity index (χ0n) is 33.5. The lowest BCUT2D eigenvalue weighted by atomic mass is 9.91. The second-order valence-corrected chi connectivity index (χ2v) is 16.3. The van der Waals surface area contributed by atoms with Crippen molar-refractivity contribution in [1.82, 2.24) is 19.5 Å². The third kappa shape index (κ3) is 5.52. The van der Waals surface area contributed by atoms with Crippen molar-refractivity contribution in [2.24, 2.45) is 0 Å². The third-order valence-corrected chi connectivity index (χ3v) is 12.7. The van der Waals surface area contributed by atoms with Crippen molar-refractivity contribution in [1.29, 1.82) is 0 Å². The van der Waals surface area contributed by atoms with Crippen LogP contribution in [0.15, 0.2) is 205 Å². The van der Waals surface area contributed by atoms with Crippen LogP contribution < -0.4 is 0 Å². The third-order valence-electron chi connectivity index (χ3n) is 12.7. The van der Waals surface area contributed by atoms with Crippen LogP contribution in [0, 0.1) is 0 Å². The van der Waals surface area contributed by atoms with E-state index in [1.54, 1.807) is 0 Å². The number of rotatable bonds is 5. The van der Waals surface area contributed by atoms with Gasteiger partial charge in [0.2, 0.25) is 0 Å². The van der Waals surface area contributed by atoms with E-state index in [0.717, 1.165) is 73.0 Å². The van der Waals surface area contributed by atoms with Crippen molar-refractivity contribution in [3.05, 3.63) is 212 Å². The SMILES string of the molecule is C1=CC(c2ccccc2)=CC(c2nc(-c3ccc4c(ccc5ccccc54)c3)nc(-c3cc(-n4c5ccccc5c5cc6ccccc6cc54)cc4c3oc3ccccc34)n2)C1. The van der Waals surface area contributed by atoms with E-state index >= 15 is 0 Å². The number of aromatic nitrogens is 4. The first kappa shape index (κ1) is 34.7. The molecule has 5 nitrogen and oxygen atoms in total. The van der Waals surface area contributed by atoms with E-state index in [9.17, 15) is 0 Å². The van der Waals surface area contributed by atoms with Gasteiger partial charge in [-0.3, -0.25) is 0 Å². The van der Waals surface area contributed by atoms with E-state index in [0.29, 0.717) is 11.6 Å². The van der Waals surface area contributed by atoms with Crippen LogP contribution in [0.25, 0.3) is 110 Å². The fourth-order valence-electron chi connectivity index (χ4n) is 9.69. The van der Waals surface area contributed by atoms with E-state index < -0.39 is 0 Å². The van der Waals surface area contributed by atoms with Crippen LogP contribution in [0.1, 0.15) is 23.7 Å². The van der Waals surface area contributed by atoms with Gasteiger partial charge in [0.05, 0.1) is 16.6 Å². The topological polar surface area (TPSA) is 56.7 Å². The highest BCUT2D eigenvalue weighted by Gasteiger charge is 2.24. The molecule has 1 atom stereocenters. The molecule has 1 unspecified atom stereocenters. The molecule has 0 amide bonds. The number of nitrogens with zero attached hydrogens (tertiary/aromatic N) is 4. The average Bonchev–Trinajstić information content (AvgIpc) is 3.88. The zero-order valence-corrected chi connectivity index (χ0v) is 33.5. The average molecular weight is 793 g/mol. The normalized spacial score (nSPS) is 14.3. The molecular formula is C57H36N4O. The first-order valence-corrected chi connectivity index (χ1v) is 21.2. The van der Waals surface area contributed by atoms with Crippen LogP contribution in [-0.4, -0.2) is 19.5 Å². The van der Waals surface area contributed by atoms with Gasteiger partial charge in [-0.2, -0.15) is 0 Å². The maximum absolute atomic E-state index is 6.81. The summed E-state index contributed by atoms with van der Waals surface area (Å²) in [6, 6.07) is 64.7. The van der Waals surface area contributed by atoms with Crippen LogP contribution in [0.5, 0.6) is 0 Å². The van der Waals surface area contributed by atoms with Gasteiger partial charge in [0, 0.05) is 38.7 Å². The smallest absolute Gasteiger partial charge is 0.167 e. The molecule has 13 rings (SSSR count). The van der Waals surface area contributed by atoms with Gasteiger partial charge in [-0.1, -0.05) is 158 Å². The quantitative estimate of drug-likeness (QED) is 0.163. The van der Waals surface area contributed by atoms with Gasteiger partial charge in [0.1, 0.15) is 17.0 Å². The minimum atomic E-state index is -0.0694. The van der Waals surface area contributed by atoms with E-state index in [1.165, 1.54) is 43.3 Å². The van der Waals surface area contributed by atoms with E-state index in [4.69, 9.17) is 19.4 Å². The second-order valence-electron chi connectivity index (χ2n) is 16.3. The van der Waals surface area contributed by atoms with Crippen molar-refractivity contribution in [3.8, 4) is 28.5 Å². The molecule has 3 aromatic heterocycles. The molecule has 0 fully saturated rings. The number of fused-ring (bicyclic) bond motifs is 10. The predicted octanol–water partition coefficient (Wildman–Crippen LogP) is 14.8. The molecule has 0 saturated carbocycles. The predicted molar refractivity (Wildman–Crippen MR) is 256 cm³/mol. The number of hydrogen-bond acceptors (Lipinski definition) is 4. The number of allylic oxidation sites excluding steroid dienone is 4. The molecule has 1 aliphatic rings. The van der Waals surface area contributed by atoms with E-state index in [2.05, 4.69) is 193 Å². The van der Waals surface area contributed by atoms with Crippen LogP contribution in [0.2, 0.25) is 0 Å². The Balaban J connectivity index is 1.08. The zero-order chi connectivity index (χ0) is 40.7. The highest BCUT2D eigenvalue weighted by molar-refractivity contribution is 6.15. The molecule has 12 aromatic rings. The molecular weight excluding hydrogens is 757 g/mol. The van der Waals surface area contributed by atoms with Crippen molar-refractivity contribution in [2.75, 3.05) is 0 Å². The van der Waals surface area contributed by atoms with Crippen molar-refractivity contribution >= 4 is 81.6 Å². The summed E-state index contributed by atoms with van der Waals surface area (Å²) in [6.07, 6.45) is 7.53. The minimum absolute atomic E-state index is 0.0694. The number of benzene rings is 9. The Hall–Kier alpha value is -8.15. The molecule has 0 N–H and O–H groups in total. The van der Waals surface area contributed by atoms with Gasteiger partial charge in [0.25, 0.3) is 0 Å². The van der Waals surface area contributed by atoms with Gasteiger partial charge in [-0.05, 0) is 92.3 Å². The fourth-order valence-corrected chi connectivity index (χ4v) is 9.69. The van der Waals surface area contributed by atoms with Gasteiger partial charge >= 0.3 is 0 Å². The van der Waals surface area contributed by atoms with Crippen LogP contribution in [0.4, 0.5) is 0 Å². The number of hydrogen-bond donors (Lipinski definition) is 0. The lowest BCUT2D eigenvalue weighted by Gasteiger charge is -2.18. The maximum atomic E-state index is 6.81. The van der Waals surface area contributed by atoms with E-state index in [1.807, 2.05) is 12.1 Å². The van der Waals surface area contributed by atoms with Gasteiger partial charge in [0.15, 0.2) is 11.6 Å². The molecule has 0 radical (unpaired) electrons. The van der Waals surface area contributed by atoms with Gasteiger partial charge in [-0.25, -0.2) is 15.0 Å². The Bertz CT molecular complexity index is 3850. The molecule has 1 aliphatic carbocycles. The van der Waals surface area contributed by atoms with Crippen molar-refractivity contribution < 1.29 is 4.42 Å². The number of para-hydroxylation sites is 2. The highest BCUT2D eigenvalue weighted by atomic mass is 16.3. The second kappa shape index (κ2) is 13.7. The lowest BCUT2D eigenvalue weighted by molar-refractivity contribution is 0.669. The molecule has 3 heterocycles. The monoisotopic (exact) mass is 792 g/mol. The molecule has 0 spiro atoms. The minimum Gasteiger partial charge on any atom is -0.455 e. The molecule has 5 heteroatoms. The summed E-state index contributed by atoms with van der Waals surface area (Å²) in [5.74, 6) is 1.85. The van der Waals surface area contributed by atoms with Crippen molar-refractivity contribution in [2.45, 2.75) is 12.3 Å². The summed E-state index contributed by atoms with van der Waals surface area (Å²) in [6.45, 7) is 0. The molecule has 0 bridgehead atoms. The Morgan fingerprint density at radius 3 is 2.06 bits per heavy atom. The Kier molecular flexibility index (Phi) is 7.66. The summed E-state index contributed by atoms with van der Waals surface area (Å²) >= 11 is 0. The maximum Gasteiger partial charge on any atom is 0.167 e. The fraction of sp³-hybridized carbons (Fsp3) is 0.0351. The molecule has 9 aromatic carbocycles. The highest BCUT2D eigenvalue weighted by Crippen LogP contribution is 2.42. The molecule has 290 valence electrons. The summed E-state index contributed by atoms with van der Waals surface area (Å²) in [7, 11) is 0. The summed E-state index contributed by atoms with van der Waals surface area (Å²) in [4.78, 5) is 16.1. The van der Waals surface area contributed by atoms with Crippen molar-refractivity contribution in [3.63, 3.8) is 0 Å². The summed E-state index contributed by atoms with van der Waals surface area (Å²) in [5.41, 5.74) is 8.91. The molecule has 0 aliphatic heterocycles. The lowest BCUT2D eigenvalue weighted by Crippen LogP contribution is -2.09. The van der Waals surface area contributed by atoms with Crippen LogP contribution in [0.3, 0.4) is 0 Å². The Labute approximate surface area is 356 Å². The Morgan fingerprint density at radius 2 is 1.18 bits per heavy atom. The molecule has 62 heavy (non-hydrogen) atoms. The van der Waals surface area contributed by atoms with E-state index in [-0.39, 0.29) is 5.92 Å². The number of furan rings is 1. The van der Waals surface area contributed by atoms with Crippen LogP contribution >= 0.6 is 0 Å². The standard InChI is InChI=1S/C57H36N4O/c1-2-13-35(14-3-1)37-18-12-19-41(29-37)55-58-56(42-27-28-45-40(30-42)26-25-36-15-6-7-20-44(36)45)60-57(59-55)50-34-43(33-49-47-22-9-11-24-53(47)62-54(49)50)61-51-23-10-8-21-46(51)48-31-38-16-4-5-17-39(38)32-52(48)61/h1-18,20-34,41H,19H2. The largest absolute Gasteiger partial charge is 0.455 e. The first-order valence-electron chi connectivity index (χ1n) is 21.2. The molecule has 0 saturated heterocycles. The first-order chi connectivity index (χ1) is 30.7. The van der Waals surface area contributed by atoms with Gasteiger partial charge < -0.3 is 8.98 Å². The summed E-state index contributed by atoms with van der Waals surface area (Å²) < 4.78 is 9.20. The Morgan fingerprint density at radius 1 is 0.468 bits per heavy atom. The van der Waals surface area contributed by atoms with Gasteiger partial charge in [-0.15, -0.1) is 0 Å². The summed E-state index contributed by atoms with van der Waals surface area (Å²) in [5, 5.41) is 11.6. The van der Waals surface area contributed by atoms with Crippen LogP contribution in [-0.2, 0) is 0 Å².